The van der Waals surface area contributed by atoms with E-state index in [0.717, 1.165) is 17.1 Å². The van der Waals surface area contributed by atoms with E-state index in [4.69, 9.17) is 4.74 Å². The highest BCUT2D eigenvalue weighted by Gasteiger charge is 2.22. The van der Waals surface area contributed by atoms with E-state index in [0.29, 0.717) is 0 Å². The Morgan fingerprint density at radius 3 is 1.83 bits per heavy atom. The minimum Gasteiger partial charge on any atom is -0.456 e. The van der Waals surface area contributed by atoms with Crippen molar-refractivity contribution in [1.29, 1.82) is 0 Å². The molecule has 0 atom stereocenters. The summed E-state index contributed by atoms with van der Waals surface area (Å²) in [6.07, 6.45) is 0. The van der Waals surface area contributed by atoms with E-state index in [2.05, 4.69) is 158 Å². The fourth-order valence-corrected chi connectivity index (χ4v) is 8.23. The summed E-state index contributed by atoms with van der Waals surface area (Å²) >= 11 is 0. The van der Waals surface area contributed by atoms with Gasteiger partial charge in [0, 0.05) is 10.9 Å². The van der Waals surface area contributed by atoms with Crippen molar-refractivity contribution in [3.63, 3.8) is 0 Å². The summed E-state index contributed by atoms with van der Waals surface area (Å²) in [6.45, 7) is 0. The molecule has 11 rings (SSSR count). The van der Waals surface area contributed by atoms with Gasteiger partial charge in [0.25, 0.3) is 0 Å². The Morgan fingerprint density at radius 1 is 0.277 bits per heavy atom. The molecule has 10 aromatic rings. The molecule has 0 spiro atoms. The van der Waals surface area contributed by atoms with Crippen molar-refractivity contribution in [3.05, 3.63) is 158 Å². The van der Waals surface area contributed by atoms with E-state index in [1.54, 1.807) is 0 Å². The Bertz CT molecular complexity index is 2910. The van der Waals surface area contributed by atoms with Crippen molar-refractivity contribution < 1.29 is 4.74 Å². The van der Waals surface area contributed by atoms with Crippen LogP contribution in [0.25, 0.3) is 98.0 Å². The van der Waals surface area contributed by atoms with Crippen molar-refractivity contribution in [2.75, 3.05) is 0 Å². The lowest BCUT2D eigenvalue weighted by Crippen LogP contribution is -1.98. The highest BCUT2D eigenvalue weighted by molar-refractivity contribution is 6.25. The van der Waals surface area contributed by atoms with Crippen LogP contribution < -0.4 is 4.74 Å². The summed E-state index contributed by atoms with van der Waals surface area (Å²) in [5.74, 6) is 1.83. The number of hydrogen-bond donors (Lipinski definition) is 0. The number of hydrogen-bond acceptors (Lipinski definition) is 1. The van der Waals surface area contributed by atoms with Crippen LogP contribution in [0.3, 0.4) is 0 Å². The lowest BCUT2D eigenvalue weighted by molar-refractivity contribution is 0.488. The average molecular weight is 595 g/mol. The van der Waals surface area contributed by atoms with E-state index < -0.39 is 0 Å². The summed E-state index contributed by atoms with van der Waals surface area (Å²) in [5.41, 5.74) is 7.29. The molecule has 47 heavy (non-hydrogen) atoms. The molecule has 1 nitrogen and oxygen atoms in total. The summed E-state index contributed by atoms with van der Waals surface area (Å²) in [7, 11) is 0. The molecule has 0 aromatic heterocycles. The van der Waals surface area contributed by atoms with Gasteiger partial charge in [-0.15, -0.1) is 0 Å². The maximum atomic E-state index is 6.58. The maximum absolute atomic E-state index is 6.58. The van der Waals surface area contributed by atoms with Gasteiger partial charge in [0.15, 0.2) is 0 Å². The first-order chi connectivity index (χ1) is 23.3. The second-order valence-electron chi connectivity index (χ2n) is 12.8. The second kappa shape index (κ2) is 9.19. The Morgan fingerprint density at radius 2 is 0.894 bits per heavy atom. The Labute approximate surface area is 271 Å². The molecule has 0 amide bonds. The van der Waals surface area contributed by atoms with Crippen LogP contribution in [-0.4, -0.2) is 0 Å². The highest BCUT2D eigenvalue weighted by atomic mass is 16.5. The fourth-order valence-electron chi connectivity index (χ4n) is 8.23. The van der Waals surface area contributed by atoms with Gasteiger partial charge >= 0.3 is 0 Å². The third-order valence-corrected chi connectivity index (χ3v) is 10.4. The fraction of sp³-hybridized carbons (Fsp3) is 0. The molecule has 0 saturated carbocycles. The standard InChI is InChI=1S/C46H26O/c1-2-10-35-31(6-1)26-43-46-38(35)12-5-13-39(46)41-25-33(19-23-42(41)47-43)34-11-4-9-30-24-32(18-21-36(30)34)37-20-16-29-15-14-27-7-3-8-28-17-22-40(37)45(29)44(27)28/h1-26H. The second-order valence-corrected chi connectivity index (χ2v) is 12.8. The molecule has 0 aliphatic carbocycles. The van der Waals surface area contributed by atoms with Gasteiger partial charge in [-0.1, -0.05) is 133 Å². The molecular formula is C46H26O. The summed E-state index contributed by atoms with van der Waals surface area (Å²) in [6, 6.07) is 57.9. The number of ether oxygens (including phenoxy) is 1. The minimum atomic E-state index is 0.903. The normalized spacial score (nSPS) is 12.4. The van der Waals surface area contributed by atoms with E-state index in [-0.39, 0.29) is 0 Å². The first-order valence-electron chi connectivity index (χ1n) is 16.3. The quantitative estimate of drug-likeness (QED) is 0.181. The van der Waals surface area contributed by atoms with Gasteiger partial charge in [-0.2, -0.15) is 0 Å². The van der Waals surface area contributed by atoms with Crippen molar-refractivity contribution in [3.8, 4) is 44.9 Å². The van der Waals surface area contributed by atoms with Crippen LogP contribution in [0.15, 0.2) is 158 Å². The van der Waals surface area contributed by atoms with Crippen LogP contribution in [0.2, 0.25) is 0 Å². The van der Waals surface area contributed by atoms with Gasteiger partial charge in [-0.3, -0.25) is 0 Å². The first kappa shape index (κ1) is 25.1. The predicted octanol–water partition coefficient (Wildman–Crippen LogP) is 13.2. The lowest BCUT2D eigenvalue weighted by atomic mass is 9.88. The third-order valence-electron chi connectivity index (χ3n) is 10.4. The molecule has 10 aromatic carbocycles. The smallest absolute Gasteiger partial charge is 0.136 e. The van der Waals surface area contributed by atoms with Crippen molar-refractivity contribution in [2.45, 2.75) is 0 Å². The minimum absolute atomic E-state index is 0.903. The van der Waals surface area contributed by atoms with E-state index in [1.165, 1.54) is 92.5 Å². The molecule has 0 N–H and O–H groups in total. The Kier molecular flexibility index (Phi) is 4.90. The molecular weight excluding hydrogens is 569 g/mol. The molecule has 1 heteroatoms. The van der Waals surface area contributed by atoms with Crippen molar-refractivity contribution in [2.24, 2.45) is 0 Å². The molecule has 1 aliphatic heterocycles. The average Bonchev–Trinajstić information content (AvgIpc) is 3.13. The van der Waals surface area contributed by atoms with E-state index in [9.17, 15) is 0 Å². The lowest BCUT2D eigenvalue weighted by Gasteiger charge is -2.23. The monoisotopic (exact) mass is 594 g/mol. The van der Waals surface area contributed by atoms with Gasteiger partial charge in [0.05, 0.1) is 0 Å². The summed E-state index contributed by atoms with van der Waals surface area (Å²) in [5, 5.41) is 15.3. The SMILES string of the molecule is c1cc(-c2ccc3c(c2)-c2cccc4c2c(cc2ccccc24)O3)c2ccc(-c3ccc4ccc5cccc6ccc3c4c56)cc2c1. The molecule has 216 valence electrons. The number of benzene rings is 10. The topological polar surface area (TPSA) is 9.23 Å². The van der Waals surface area contributed by atoms with Crippen LogP contribution in [0.5, 0.6) is 11.5 Å². The van der Waals surface area contributed by atoms with E-state index in [1.807, 2.05) is 0 Å². The third kappa shape index (κ3) is 3.49. The molecule has 0 fully saturated rings. The van der Waals surface area contributed by atoms with Crippen LogP contribution >= 0.6 is 0 Å². The van der Waals surface area contributed by atoms with Gasteiger partial charge in [0.2, 0.25) is 0 Å². The zero-order valence-electron chi connectivity index (χ0n) is 25.4. The molecule has 0 bridgehead atoms. The van der Waals surface area contributed by atoms with Crippen LogP contribution in [-0.2, 0) is 0 Å². The van der Waals surface area contributed by atoms with Gasteiger partial charge in [-0.05, 0) is 111 Å². The largest absolute Gasteiger partial charge is 0.456 e. The molecule has 1 heterocycles. The maximum Gasteiger partial charge on any atom is 0.136 e. The summed E-state index contributed by atoms with van der Waals surface area (Å²) < 4.78 is 6.58. The Balaban J connectivity index is 1.07. The van der Waals surface area contributed by atoms with Gasteiger partial charge < -0.3 is 4.74 Å². The zero-order valence-corrected chi connectivity index (χ0v) is 25.4. The predicted molar refractivity (Wildman–Crippen MR) is 199 cm³/mol. The Hall–Kier alpha value is -6.18. The van der Waals surface area contributed by atoms with Gasteiger partial charge in [0.1, 0.15) is 11.5 Å². The molecule has 0 unspecified atom stereocenters. The first-order valence-corrected chi connectivity index (χ1v) is 16.3. The highest BCUT2D eigenvalue weighted by Crippen LogP contribution is 2.50. The molecule has 0 radical (unpaired) electrons. The number of rotatable bonds is 2. The van der Waals surface area contributed by atoms with Crippen LogP contribution in [0, 0.1) is 0 Å². The van der Waals surface area contributed by atoms with Crippen LogP contribution in [0.1, 0.15) is 0 Å². The number of fused-ring (bicyclic) bond motifs is 5. The molecule has 0 saturated heterocycles. The zero-order chi connectivity index (χ0) is 30.6. The van der Waals surface area contributed by atoms with Gasteiger partial charge in [-0.25, -0.2) is 0 Å². The van der Waals surface area contributed by atoms with E-state index >= 15 is 0 Å². The molecule has 1 aliphatic rings. The van der Waals surface area contributed by atoms with Crippen molar-refractivity contribution in [1.82, 2.24) is 0 Å². The summed E-state index contributed by atoms with van der Waals surface area (Å²) in [4.78, 5) is 0. The van der Waals surface area contributed by atoms with Crippen LogP contribution in [0.4, 0.5) is 0 Å². The van der Waals surface area contributed by atoms with Crippen molar-refractivity contribution >= 4 is 64.6 Å².